The second-order valence-corrected chi connectivity index (χ2v) is 5.14. The predicted molar refractivity (Wildman–Crippen MR) is 77.8 cm³/mol. The molecule has 5 heteroatoms. The van der Waals surface area contributed by atoms with Crippen LogP contribution in [0, 0.1) is 5.82 Å². The molecule has 0 amide bonds. The Morgan fingerprint density at radius 2 is 2.00 bits per heavy atom. The molecule has 20 heavy (non-hydrogen) atoms. The van der Waals surface area contributed by atoms with Gasteiger partial charge in [-0.05, 0) is 31.2 Å². The number of halogens is 3. The fraction of sp³-hybridized carbons (Fsp3) is 0.200. The molecule has 0 aliphatic carbocycles. The first-order chi connectivity index (χ1) is 9.49. The second kappa shape index (κ2) is 6.44. The van der Waals surface area contributed by atoms with Gasteiger partial charge in [0.2, 0.25) is 0 Å². The average molecular weight is 315 g/mol. The van der Waals surface area contributed by atoms with Crippen molar-refractivity contribution in [2.24, 2.45) is 0 Å². The Balaban J connectivity index is 2.21. The minimum Gasteiger partial charge on any atom is -0.488 e. The maximum atomic E-state index is 13.2. The first-order valence-electron chi connectivity index (χ1n) is 6.02. The monoisotopic (exact) mass is 314 g/mol. The largest absolute Gasteiger partial charge is 0.488 e. The van der Waals surface area contributed by atoms with E-state index < -0.39 is 11.9 Å². The third kappa shape index (κ3) is 3.42. The van der Waals surface area contributed by atoms with Crippen LogP contribution in [-0.2, 0) is 6.61 Å². The molecule has 2 aromatic carbocycles. The molecule has 1 N–H and O–H groups in total. The van der Waals surface area contributed by atoms with E-state index >= 15 is 0 Å². The van der Waals surface area contributed by atoms with Crippen LogP contribution in [0.3, 0.4) is 0 Å². The van der Waals surface area contributed by atoms with Crippen LogP contribution in [0.2, 0.25) is 10.0 Å². The summed E-state index contributed by atoms with van der Waals surface area (Å²) in [6.07, 6.45) is -0.824. The molecule has 0 spiro atoms. The number of hydrogen-bond acceptors (Lipinski definition) is 2. The summed E-state index contributed by atoms with van der Waals surface area (Å²) < 4.78 is 18.8. The van der Waals surface area contributed by atoms with Crippen molar-refractivity contribution in [3.05, 3.63) is 63.4 Å². The number of aliphatic hydroxyl groups excluding tert-OH is 1. The van der Waals surface area contributed by atoms with Crippen LogP contribution in [-0.4, -0.2) is 5.11 Å². The van der Waals surface area contributed by atoms with Gasteiger partial charge in [0.25, 0.3) is 0 Å². The second-order valence-electron chi connectivity index (χ2n) is 4.36. The highest BCUT2D eigenvalue weighted by molar-refractivity contribution is 6.42. The van der Waals surface area contributed by atoms with Gasteiger partial charge in [-0.2, -0.15) is 0 Å². The molecule has 0 bridgehead atoms. The van der Waals surface area contributed by atoms with Gasteiger partial charge in [0.1, 0.15) is 18.2 Å². The summed E-state index contributed by atoms with van der Waals surface area (Å²) in [5, 5.41) is 10.5. The Bertz CT molecular complexity index is 615. The van der Waals surface area contributed by atoms with Crippen LogP contribution < -0.4 is 4.74 Å². The molecule has 0 saturated heterocycles. The van der Waals surface area contributed by atoms with Crippen molar-refractivity contribution in [1.82, 2.24) is 0 Å². The Hall–Kier alpha value is -1.29. The number of aliphatic hydroxyl groups is 1. The molecular formula is C15H13Cl2FO2. The lowest BCUT2D eigenvalue weighted by molar-refractivity contribution is 0.189. The molecule has 0 aliphatic heterocycles. The molecule has 0 fully saturated rings. The molecule has 2 rings (SSSR count). The number of rotatable bonds is 4. The molecule has 0 heterocycles. The molecular weight excluding hydrogens is 302 g/mol. The van der Waals surface area contributed by atoms with Crippen LogP contribution in [0.4, 0.5) is 4.39 Å². The first kappa shape index (κ1) is 15.1. The van der Waals surface area contributed by atoms with E-state index in [-0.39, 0.29) is 6.61 Å². The third-order valence-corrected chi connectivity index (χ3v) is 3.69. The highest BCUT2D eigenvalue weighted by atomic mass is 35.5. The van der Waals surface area contributed by atoms with Gasteiger partial charge in [-0.3, -0.25) is 0 Å². The minimum atomic E-state index is -0.824. The van der Waals surface area contributed by atoms with Crippen molar-refractivity contribution < 1.29 is 14.2 Å². The van der Waals surface area contributed by atoms with Gasteiger partial charge in [0.05, 0.1) is 16.1 Å². The van der Waals surface area contributed by atoms with E-state index in [1.54, 1.807) is 25.1 Å². The normalized spacial score (nSPS) is 12.2. The fourth-order valence-electron chi connectivity index (χ4n) is 1.79. The Labute approximate surface area is 126 Å². The number of benzene rings is 2. The zero-order chi connectivity index (χ0) is 14.7. The van der Waals surface area contributed by atoms with Crippen LogP contribution in [0.1, 0.15) is 24.2 Å². The van der Waals surface area contributed by atoms with Crippen LogP contribution in [0.5, 0.6) is 5.75 Å². The smallest absolute Gasteiger partial charge is 0.125 e. The van der Waals surface area contributed by atoms with Gasteiger partial charge in [0, 0.05) is 11.1 Å². The van der Waals surface area contributed by atoms with Crippen LogP contribution in [0.25, 0.3) is 0 Å². The van der Waals surface area contributed by atoms with Crippen molar-refractivity contribution in [1.29, 1.82) is 0 Å². The molecule has 2 nitrogen and oxygen atoms in total. The Morgan fingerprint density at radius 3 is 2.70 bits per heavy atom. The summed E-state index contributed by atoms with van der Waals surface area (Å²) >= 11 is 12.0. The van der Waals surface area contributed by atoms with E-state index in [2.05, 4.69) is 0 Å². The lowest BCUT2D eigenvalue weighted by Gasteiger charge is -2.14. The topological polar surface area (TPSA) is 29.5 Å². The molecule has 0 aliphatic rings. The summed E-state index contributed by atoms with van der Waals surface area (Å²) in [6.45, 7) is 1.73. The van der Waals surface area contributed by atoms with E-state index in [1.165, 1.54) is 18.2 Å². The Kier molecular flexibility index (Phi) is 4.86. The Morgan fingerprint density at radius 1 is 1.25 bits per heavy atom. The predicted octanol–water partition coefficient (Wildman–Crippen LogP) is 4.76. The maximum absolute atomic E-state index is 13.2. The standard InChI is InChI=1S/C15H13Cl2FO2/c1-9(19)12-7-11(18)5-6-14(12)20-8-10-3-2-4-13(16)15(10)17/h2-7,9,19H,8H2,1H3/t9-/m1/s1. The average Bonchev–Trinajstić information content (AvgIpc) is 2.41. The SMILES string of the molecule is C[C@@H](O)c1cc(F)ccc1OCc1cccc(Cl)c1Cl. The van der Waals surface area contributed by atoms with Crippen LogP contribution in [0.15, 0.2) is 36.4 Å². The van der Waals surface area contributed by atoms with Crippen LogP contribution >= 0.6 is 23.2 Å². The van der Waals surface area contributed by atoms with Crippen molar-refractivity contribution >= 4 is 23.2 Å². The van der Waals surface area contributed by atoms with Gasteiger partial charge in [-0.25, -0.2) is 4.39 Å². The zero-order valence-corrected chi connectivity index (χ0v) is 12.2. The highest BCUT2D eigenvalue weighted by Crippen LogP contribution is 2.29. The summed E-state index contributed by atoms with van der Waals surface area (Å²) in [5.41, 5.74) is 1.11. The summed E-state index contributed by atoms with van der Waals surface area (Å²) in [6, 6.07) is 9.26. The summed E-state index contributed by atoms with van der Waals surface area (Å²) in [5.74, 6) is -0.00789. The van der Waals surface area contributed by atoms with E-state index in [4.69, 9.17) is 27.9 Å². The number of ether oxygens (including phenoxy) is 1. The van der Waals surface area contributed by atoms with Crippen molar-refractivity contribution in [3.8, 4) is 5.75 Å². The minimum absolute atomic E-state index is 0.185. The molecule has 0 radical (unpaired) electrons. The van der Waals surface area contributed by atoms with Crippen molar-refractivity contribution in [2.45, 2.75) is 19.6 Å². The van der Waals surface area contributed by atoms with Gasteiger partial charge in [0.15, 0.2) is 0 Å². The lowest BCUT2D eigenvalue weighted by Crippen LogP contribution is -2.02. The van der Waals surface area contributed by atoms with E-state index in [1.807, 2.05) is 0 Å². The molecule has 106 valence electrons. The van der Waals surface area contributed by atoms with Crippen molar-refractivity contribution in [2.75, 3.05) is 0 Å². The third-order valence-electron chi connectivity index (χ3n) is 2.84. The number of hydrogen-bond donors (Lipinski definition) is 1. The zero-order valence-electron chi connectivity index (χ0n) is 10.7. The molecule has 0 saturated carbocycles. The summed E-state index contributed by atoms with van der Waals surface area (Å²) in [7, 11) is 0. The maximum Gasteiger partial charge on any atom is 0.125 e. The molecule has 0 unspecified atom stereocenters. The van der Waals surface area contributed by atoms with Gasteiger partial charge in [-0.15, -0.1) is 0 Å². The van der Waals surface area contributed by atoms with E-state index in [0.717, 1.165) is 5.56 Å². The summed E-state index contributed by atoms with van der Waals surface area (Å²) in [4.78, 5) is 0. The van der Waals surface area contributed by atoms with Crippen molar-refractivity contribution in [3.63, 3.8) is 0 Å². The molecule has 2 aromatic rings. The highest BCUT2D eigenvalue weighted by Gasteiger charge is 2.12. The molecule has 1 atom stereocenters. The quantitative estimate of drug-likeness (QED) is 0.881. The van der Waals surface area contributed by atoms with Gasteiger partial charge >= 0.3 is 0 Å². The van der Waals surface area contributed by atoms with Gasteiger partial charge in [-0.1, -0.05) is 35.3 Å². The van der Waals surface area contributed by atoms with Gasteiger partial charge < -0.3 is 9.84 Å². The fourth-order valence-corrected chi connectivity index (χ4v) is 2.17. The first-order valence-corrected chi connectivity index (χ1v) is 6.78. The lowest BCUT2D eigenvalue weighted by atomic mass is 10.1. The van der Waals surface area contributed by atoms with E-state index in [0.29, 0.717) is 21.4 Å². The molecule has 0 aromatic heterocycles. The van der Waals surface area contributed by atoms with E-state index in [9.17, 15) is 9.50 Å².